The maximum absolute atomic E-state index is 9.73. The number of ether oxygens (including phenoxy) is 1. The van der Waals surface area contributed by atoms with Gasteiger partial charge in [-0.3, -0.25) is 0 Å². The lowest BCUT2D eigenvalue weighted by atomic mass is 10.1. The van der Waals surface area contributed by atoms with E-state index in [1.165, 1.54) is 0 Å². The number of nitrogens with two attached hydrogens (primary N) is 1. The summed E-state index contributed by atoms with van der Waals surface area (Å²) in [6, 6.07) is 1.94. The van der Waals surface area contributed by atoms with E-state index < -0.39 is 6.29 Å². The molecule has 1 aliphatic heterocycles. The molecule has 2 heterocycles. The third kappa shape index (κ3) is 1.86. The Morgan fingerprint density at radius 1 is 1.62 bits per heavy atom. The predicted octanol–water partition coefficient (Wildman–Crippen LogP) is 2.67. The van der Waals surface area contributed by atoms with Crippen molar-refractivity contribution in [2.75, 3.05) is 0 Å². The molecule has 0 saturated carbocycles. The van der Waals surface area contributed by atoms with E-state index in [4.69, 9.17) is 10.5 Å². The SMILES string of the molecule is CC/C=C\C1=C(N)OC(O)c2cc(C)sc21. The normalized spacial score (nSPS) is 20.1. The van der Waals surface area contributed by atoms with Crippen molar-refractivity contribution in [2.45, 2.75) is 26.6 Å². The van der Waals surface area contributed by atoms with E-state index in [2.05, 4.69) is 6.92 Å². The van der Waals surface area contributed by atoms with E-state index in [1.807, 2.05) is 25.1 Å². The molecule has 3 N–H and O–H groups in total. The molecule has 4 heteroatoms. The highest BCUT2D eigenvalue weighted by Gasteiger charge is 2.26. The lowest BCUT2D eigenvalue weighted by Crippen LogP contribution is -2.16. The fourth-order valence-electron chi connectivity index (χ4n) is 1.68. The molecular formula is C12H15NO2S. The van der Waals surface area contributed by atoms with Crippen LogP contribution in [0.1, 0.15) is 35.0 Å². The number of fused-ring (bicyclic) bond motifs is 1. The summed E-state index contributed by atoms with van der Waals surface area (Å²) in [7, 11) is 0. The summed E-state index contributed by atoms with van der Waals surface area (Å²) in [4.78, 5) is 2.16. The second kappa shape index (κ2) is 4.31. The quantitative estimate of drug-likeness (QED) is 0.831. The number of hydrogen-bond donors (Lipinski definition) is 2. The topological polar surface area (TPSA) is 55.5 Å². The number of aliphatic hydroxyl groups excluding tert-OH is 1. The van der Waals surface area contributed by atoms with Gasteiger partial charge >= 0.3 is 0 Å². The summed E-state index contributed by atoms with van der Waals surface area (Å²) in [6.07, 6.45) is 4.00. The number of thiophene rings is 1. The molecule has 1 unspecified atom stereocenters. The third-order valence-corrected chi connectivity index (χ3v) is 3.52. The molecule has 0 aliphatic carbocycles. The number of allylic oxidation sites excluding steroid dienone is 3. The van der Waals surface area contributed by atoms with Crippen molar-refractivity contribution in [1.82, 2.24) is 0 Å². The summed E-state index contributed by atoms with van der Waals surface area (Å²) in [5, 5.41) is 9.73. The molecule has 1 aromatic heterocycles. The average Bonchev–Trinajstić information content (AvgIpc) is 2.60. The highest BCUT2D eigenvalue weighted by Crippen LogP contribution is 2.39. The van der Waals surface area contributed by atoms with Crippen LogP contribution in [0.15, 0.2) is 24.1 Å². The smallest absolute Gasteiger partial charge is 0.227 e. The van der Waals surface area contributed by atoms with E-state index in [0.29, 0.717) is 5.88 Å². The van der Waals surface area contributed by atoms with E-state index in [1.54, 1.807) is 11.3 Å². The molecule has 1 aliphatic rings. The van der Waals surface area contributed by atoms with Gasteiger partial charge in [0.15, 0.2) is 5.88 Å². The summed E-state index contributed by atoms with van der Waals surface area (Å²) < 4.78 is 5.20. The Morgan fingerprint density at radius 3 is 3.06 bits per heavy atom. The Bertz CT molecular complexity index is 460. The van der Waals surface area contributed by atoms with Crippen molar-refractivity contribution in [1.29, 1.82) is 0 Å². The molecule has 3 nitrogen and oxygen atoms in total. The highest BCUT2D eigenvalue weighted by atomic mass is 32.1. The standard InChI is InChI=1S/C12H15NO2S/c1-3-4-5-8-10-9(6-7(2)16-10)12(14)15-11(8)13/h4-6,12,14H,3,13H2,1-2H3/b5-4-. The molecule has 16 heavy (non-hydrogen) atoms. The van der Waals surface area contributed by atoms with Gasteiger partial charge < -0.3 is 15.6 Å². The van der Waals surface area contributed by atoms with E-state index in [0.717, 1.165) is 27.3 Å². The van der Waals surface area contributed by atoms with Crippen LogP contribution in [-0.2, 0) is 4.74 Å². The zero-order valence-corrected chi connectivity index (χ0v) is 10.2. The van der Waals surface area contributed by atoms with Gasteiger partial charge in [0.1, 0.15) is 0 Å². The zero-order valence-electron chi connectivity index (χ0n) is 9.36. The van der Waals surface area contributed by atoms with Crippen molar-refractivity contribution in [3.05, 3.63) is 39.4 Å². The Kier molecular flexibility index (Phi) is 3.03. The monoisotopic (exact) mass is 237 g/mol. The first-order chi connectivity index (χ1) is 7.63. The van der Waals surface area contributed by atoms with Gasteiger partial charge in [0.2, 0.25) is 6.29 Å². The second-order valence-electron chi connectivity index (χ2n) is 3.70. The van der Waals surface area contributed by atoms with Crippen LogP contribution in [0.2, 0.25) is 0 Å². The molecule has 0 fully saturated rings. The maximum atomic E-state index is 9.73. The van der Waals surface area contributed by atoms with E-state index in [9.17, 15) is 5.11 Å². The Hall–Kier alpha value is -1.26. The van der Waals surface area contributed by atoms with Gasteiger partial charge in [0, 0.05) is 15.3 Å². The maximum Gasteiger partial charge on any atom is 0.227 e. The number of rotatable bonds is 2. The van der Waals surface area contributed by atoms with Crippen LogP contribution in [0.4, 0.5) is 0 Å². The van der Waals surface area contributed by atoms with Crippen molar-refractivity contribution in [3.8, 4) is 0 Å². The van der Waals surface area contributed by atoms with Crippen LogP contribution >= 0.6 is 11.3 Å². The summed E-state index contributed by atoms with van der Waals surface area (Å²) in [6.45, 7) is 4.07. The van der Waals surface area contributed by atoms with Gasteiger partial charge in [-0.05, 0) is 19.4 Å². The third-order valence-electron chi connectivity index (χ3n) is 2.42. The summed E-state index contributed by atoms with van der Waals surface area (Å²) in [5.74, 6) is 0.298. The van der Waals surface area contributed by atoms with Gasteiger partial charge in [-0.15, -0.1) is 11.3 Å². The van der Waals surface area contributed by atoms with Crippen LogP contribution < -0.4 is 5.73 Å². The Balaban J connectivity index is 2.50. The Labute approximate surface area is 98.9 Å². The van der Waals surface area contributed by atoms with E-state index >= 15 is 0 Å². The van der Waals surface area contributed by atoms with Gasteiger partial charge in [0.05, 0.1) is 5.57 Å². The predicted molar refractivity (Wildman–Crippen MR) is 65.6 cm³/mol. The molecular weight excluding hydrogens is 222 g/mol. The molecule has 0 spiro atoms. The highest BCUT2D eigenvalue weighted by molar-refractivity contribution is 7.13. The van der Waals surface area contributed by atoms with Crippen molar-refractivity contribution in [2.24, 2.45) is 5.73 Å². The van der Waals surface area contributed by atoms with Gasteiger partial charge in [0.25, 0.3) is 0 Å². The number of aliphatic hydroxyl groups is 1. The fraction of sp³-hybridized carbons (Fsp3) is 0.333. The zero-order chi connectivity index (χ0) is 11.7. The molecule has 2 rings (SSSR count). The van der Waals surface area contributed by atoms with Crippen LogP contribution in [0, 0.1) is 6.92 Å². The summed E-state index contributed by atoms with van der Waals surface area (Å²) >= 11 is 1.63. The minimum absolute atomic E-state index is 0.298. The van der Waals surface area contributed by atoms with Crippen LogP contribution in [-0.4, -0.2) is 5.11 Å². The largest absolute Gasteiger partial charge is 0.445 e. The molecule has 0 bridgehead atoms. The molecule has 1 atom stereocenters. The van der Waals surface area contributed by atoms with Crippen molar-refractivity contribution in [3.63, 3.8) is 0 Å². The fourth-order valence-corrected chi connectivity index (χ4v) is 2.74. The Morgan fingerprint density at radius 2 is 2.38 bits per heavy atom. The number of hydrogen-bond acceptors (Lipinski definition) is 4. The molecule has 0 saturated heterocycles. The number of aryl methyl sites for hydroxylation is 1. The summed E-state index contributed by atoms with van der Waals surface area (Å²) in [5.41, 5.74) is 7.47. The second-order valence-corrected chi connectivity index (χ2v) is 4.96. The molecule has 0 radical (unpaired) electrons. The molecule has 0 aromatic carbocycles. The van der Waals surface area contributed by atoms with Gasteiger partial charge in [-0.2, -0.15) is 0 Å². The van der Waals surface area contributed by atoms with Crippen molar-refractivity contribution >= 4 is 16.9 Å². The van der Waals surface area contributed by atoms with Crippen molar-refractivity contribution < 1.29 is 9.84 Å². The lowest BCUT2D eigenvalue weighted by Gasteiger charge is -2.21. The van der Waals surface area contributed by atoms with Crippen LogP contribution in [0.5, 0.6) is 0 Å². The molecule has 0 amide bonds. The minimum atomic E-state index is -0.932. The van der Waals surface area contributed by atoms with Crippen LogP contribution in [0.3, 0.4) is 0 Å². The first-order valence-electron chi connectivity index (χ1n) is 5.25. The van der Waals surface area contributed by atoms with E-state index in [-0.39, 0.29) is 0 Å². The van der Waals surface area contributed by atoms with Crippen LogP contribution in [0.25, 0.3) is 5.57 Å². The van der Waals surface area contributed by atoms with Gasteiger partial charge in [-0.25, -0.2) is 0 Å². The molecule has 86 valence electrons. The average molecular weight is 237 g/mol. The minimum Gasteiger partial charge on any atom is -0.445 e. The lowest BCUT2D eigenvalue weighted by molar-refractivity contribution is -0.0707. The molecule has 1 aromatic rings. The first kappa shape index (κ1) is 11.2. The van der Waals surface area contributed by atoms with Gasteiger partial charge in [-0.1, -0.05) is 19.1 Å². The first-order valence-corrected chi connectivity index (χ1v) is 6.06.